The summed E-state index contributed by atoms with van der Waals surface area (Å²) in [5, 5.41) is 3.44. The van der Waals surface area contributed by atoms with Gasteiger partial charge in [-0.2, -0.15) is 0 Å². The number of ether oxygens (including phenoxy) is 1. The summed E-state index contributed by atoms with van der Waals surface area (Å²) in [5.74, 6) is 0.512. The highest BCUT2D eigenvalue weighted by atomic mass is 32.1. The lowest BCUT2D eigenvalue weighted by Crippen LogP contribution is -2.09. The van der Waals surface area contributed by atoms with Crippen LogP contribution >= 0.6 is 22.7 Å². The summed E-state index contributed by atoms with van der Waals surface area (Å²) < 4.78 is 6.40. The molecular weight excluding hydrogens is 378 g/mol. The van der Waals surface area contributed by atoms with Crippen molar-refractivity contribution in [1.29, 1.82) is 0 Å². The molecule has 0 atom stereocenters. The van der Waals surface area contributed by atoms with Gasteiger partial charge in [0, 0.05) is 16.1 Å². The number of benzene rings is 2. The Kier molecular flexibility index (Phi) is 4.55. The van der Waals surface area contributed by atoms with Crippen molar-refractivity contribution in [1.82, 2.24) is 4.98 Å². The van der Waals surface area contributed by atoms with Crippen LogP contribution in [0.25, 0.3) is 21.3 Å². The smallest absolute Gasteiger partial charge is 0.267 e. The van der Waals surface area contributed by atoms with Crippen molar-refractivity contribution in [3.05, 3.63) is 58.3 Å². The van der Waals surface area contributed by atoms with E-state index >= 15 is 0 Å². The Balaban J connectivity index is 1.78. The average Bonchev–Trinajstić information content (AvgIpc) is 3.27. The monoisotopic (exact) mass is 395 g/mol. The molecule has 3 N–H and O–H groups in total. The fourth-order valence-electron chi connectivity index (χ4n) is 2.85. The molecule has 0 unspecified atom stereocenters. The molecule has 2 heterocycles. The highest BCUT2D eigenvalue weighted by Crippen LogP contribution is 2.40. The number of methoxy groups -OCH3 is 1. The van der Waals surface area contributed by atoms with E-state index in [4.69, 9.17) is 10.5 Å². The van der Waals surface area contributed by atoms with Crippen LogP contribution < -0.4 is 15.8 Å². The van der Waals surface area contributed by atoms with Crippen molar-refractivity contribution >= 4 is 49.6 Å². The lowest BCUT2D eigenvalue weighted by molar-refractivity contribution is 0.103. The lowest BCUT2D eigenvalue weighted by Gasteiger charge is -2.06. The molecule has 0 saturated carbocycles. The van der Waals surface area contributed by atoms with E-state index in [-0.39, 0.29) is 5.91 Å². The fourth-order valence-corrected chi connectivity index (χ4v) is 4.63. The first kappa shape index (κ1) is 17.5. The first-order chi connectivity index (χ1) is 13.0. The summed E-state index contributed by atoms with van der Waals surface area (Å²) >= 11 is 2.88. The number of hydrogen-bond acceptors (Lipinski definition) is 6. The van der Waals surface area contributed by atoms with Gasteiger partial charge < -0.3 is 10.5 Å². The van der Waals surface area contributed by atoms with Gasteiger partial charge in [0.25, 0.3) is 5.91 Å². The Bertz CT molecular complexity index is 1150. The van der Waals surface area contributed by atoms with Crippen LogP contribution in [0.4, 0.5) is 10.8 Å². The third-order valence-electron chi connectivity index (χ3n) is 4.11. The molecule has 27 heavy (non-hydrogen) atoms. The number of fused-ring (bicyclic) bond motifs is 1. The maximum Gasteiger partial charge on any atom is 0.267 e. The minimum atomic E-state index is -0.156. The molecule has 2 aromatic heterocycles. The quantitative estimate of drug-likeness (QED) is 0.467. The number of thiophene rings is 1. The largest absolute Gasteiger partial charge is 0.494 e. The highest BCUT2D eigenvalue weighted by molar-refractivity contribution is 7.23. The summed E-state index contributed by atoms with van der Waals surface area (Å²) in [7, 11) is 1.61. The molecule has 0 radical (unpaired) electrons. The molecule has 4 rings (SSSR count). The summed E-state index contributed by atoms with van der Waals surface area (Å²) in [6.45, 7) is 1.97. The number of amides is 1. The van der Waals surface area contributed by atoms with Crippen molar-refractivity contribution in [3.8, 4) is 16.9 Å². The van der Waals surface area contributed by atoms with Crippen LogP contribution in [0.3, 0.4) is 0 Å². The van der Waals surface area contributed by atoms with E-state index in [1.807, 2.05) is 55.5 Å². The van der Waals surface area contributed by atoms with Crippen molar-refractivity contribution in [2.75, 3.05) is 18.2 Å². The SMILES string of the molecule is COc1ccc(-c2cccc(N)c2)c2sc(NC(=O)c3ccc(C)s3)nc12. The molecule has 0 aliphatic rings. The fraction of sp³-hybridized carbons (Fsp3) is 0.100. The Morgan fingerprint density at radius 3 is 2.70 bits per heavy atom. The third-order valence-corrected chi connectivity index (χ3v) is 6.11. The Hall–Kier alpha value is -2.90. The summed E-state index contributed by atoms with van der Waals surface area (Å²) in [6, 6.07) is 15.3. The zero-order valence-electron chi connectivity index (χ0n) is 14.8. The van der Waals surface area contributed by atoms with Crippen LogP contribution in [0, 0.1) is 6.92 Å². The zero-order chi connectivity index (χ0) is 19.0. The number of aromatic nitrogens is 1. The number of aryl methyl sites for hydroxylation is 1. The molecule has 7 heteroatoms. The van der Waals surface area contributed by atoms with E-state index < -0.39 is 0 Å². The first-order valence-corrected chi connectivity index (χ1v) is 9.89. The molecule has 2 aromatic carbocycles. The number of nitrogens with two attached hydrogens (primary N) is 1. The van der Waals surface area contributed by atoms with Gasteiger partial charge in [-0.3, -0.25) is 10.1 Å². The second kappa shape index (κ2) is 7.02. The number of carbonyl (C=O) groups excluding carboxylic acids is 1. The molecule has 5 nitrogen and oxygen atoms in total. The van der Waals surface area contributed by atoms with Crippen LogP contribution in [0.5, 0.6) is 5.75 Å². The van der Waals surface area contributed by atoms with E-state index in [1.165, 1.54) is 22.7 Å². The predicted molar refractivity (Wildman–Crippen MR) is 113 cm³/mol. The number of nitrogen functional groups attached to an aromatic ring is 1. The van der Waals surface area contributed by atoms with E-state index in [1.54, 1.807) is 7.11 Å². The lowest BCUT2D eigenvalue weighted by atomic mass is 10.0. The number of nitrogens with zero attached hydrogens (tertiary/aromatic N) is 1. The van der Waals surface area contributed by atoms with Gasteiger partial charge in [-0.1, -0.05) is 23.5 Å². The number of nitrogens with one attached hydrogen (secondary N) is 1. The molecule has 0 fully saturated rings. The van der Waals surface area contributed by atoms with Gasteiger partial charge in [0.05, 0.1) is 16.7 Å². The van der Waals surface area contributed by atoms with Gasteiger partial charge in [-0.05, 0) is 48.9 Å². The molecule has 0 spiro atoms. The summed E-state index contributed by atoms with van der Waals surface area (Å²) in [6.07, 6.45) is 0. The maximum atomic E-state index is 12.5. The maximum absolute atomic E-state index is 12.5. The van der Waals surface area contributed by atoms with Gasteiger partial charge in [0.2, 0.25) is 0 Å². The van der Waals surface area contributed by atoms with Gasteiger partial charge >= 0.3 is 0 Å². The minimum Gasteiger partial charge on any atom is -0.494 e. The van der Waals surface area contributed by atoms with Gasteiger partial charge in [-0.15, -0.1) is 11.3 Å². The predicted octanol–water partition coefficient (Wildman–Crippen LogP) is 5.18. The first-order valence-electron chi connectivity index (χ1n) is 8.26. The molecule has 0 aliphatic heterocycles. The molecule has 0 saturated heterocycles. The molecule has 0 bridgehead atoms. The van der Waals surface area contributed by atoms with Crippen LogP contribution in [-0.4, -0.2) is 18.0 Å². The van der Waals surface area contributed by atoms with E-state index in [2.05, 4.69) is 10.3 Å². The zero-order valence-corrected chi connectivity index (χ0v) is 16.4. The Morgan fingerprint density at radius 2 is 2.00 bits per heavy atom. The molecule has 0 aliphatic carbocycles. The average molecular weight is 396 g/mol. The molecule has 4 aromatic rings. The normalized spacial score (nSPS) is 10.9. The molecular formula is C20H17N3O2S2. The number of carbonyl (C=O) groups is 1. The van der Waals surface area contributed by atoms with Crippen molar-refractivity contribution < 1.29 is 9.53 Å². The standard InChI is InChI=1S/C20H17N3O2S2/c1-11-6-9-16(26-11)19(24)23-20-22-17-15(25-2)8-7-14(18(17)27-20)12-4-3-5-13(21)10-12/h3-10H,21H2,1-2H3,(H,22,23,24). The van der Waals surface area contributed by atoms with Gasteiger partial charge in [-0.25, -0.2) is 4.98 Å². The highest BCUT2D eigenvalue weighted by Gasteiger charge is 2.17. The number of rotatable bonds is 4. The van der Waals surface area contributed by atoms with E-state index in [9.17, 15) is 4.79 Å². The van der Waals surface area contributed by atoms with Crippen molar-refractivity contribution in [2.24, 2.45) is 0 Å². The number of hydrogen-bond donors (Lipinski definition) is 2. The van der Waals surface area contributed by atoms with E-state index in [0.717, 1.165) is 26.2 Å². The van der Waals surface area contributed by atoms with Crippen molar-refractivity contribution in [3.63, 3.8) is 0 Å². The van der Waals surface area contributed by atoms with Gasteiger partial charge in [0.15, 0.2) is 5.13 Å². The molecule has 1 amide bonds. The second-order valence-electron chi connectivity index (χ2n) is 6.00. The van der Waals surface area contributed by atoms with Crippen LogP contribution in [0.1, 0.15) is 14.5 Å². The summed E-state index contributed by atoms with van der Waals surface area (Å²) in [5.41, 5.74) is 9.36. The number of anilines is 2. The van der Waals surface area contributed by atoms with E-state index in [0.29, 0.717) is 21.4 Å². The summed E-state index contributed by atoms with van der Waals surface area (Å²) in [4.78, 5) is 18.8. The third kappa shape index (κ3) is 3.39. The van der Waals surface area contributed by atoms with Crippen molar-refractivity contribution in [2.45, 2.75) is 6.92 Å². The minimum absolute atomic E-state index is 0.156. The van der Waals surface area contributed by atoms with Gasteiger partial charge in [0.1, 0.15) is 11.3 Å². The van der Waals surface area contributed by atoms with Crippen LogP contribution in [-0.2, 0) is 0 Å². The molecule has 136 valence electrons. The number of thiazole rings is 1. The Labute approximate surface area is 164 Å². The van der Waals surface area contributed by atoms with Crippen LogP contribution in [0.2, 0.25) is 0 Å². The second-order valence-corrected chi connectivity index (χ2v) is 8.29. The topological polar surface area (TPSA) is 77.2 Å². The van der Waals surface area contributed by atoms with Crippen LogP contribution in [0.15, 0.2) is 48.5 Å². The Morgan fingerprint density at radius 1 is 1.15 bits per heavy atom.